The molecule has 1 heterocycles. The van der Waals surface area contributed by atoms with Crippen molar-refractivity contribution in [3.8, 4) is 0 Å². The second-order valence-electron chi connectivity index (χ2n) is 2.11. The third kappa shape index (κ3) is 1.32. The van der Waals surface area contributed by atoms with Crippen LogP contribution < -0.4 is 0 Å². The molecular weight excluding hydrogens is 132 g/mol. The van der Waals surface area contributed by atoms with Crippen LogP contribution in [0.25, 0.3) is 0 Å². The van der Waals surface area contributed by atoms with Gasteiger partial charge in [-0.05, 0) is 25.5 Å². The van der Waals surface area contributed by atoms with Crippen LogP contribution in [0.3, 0.4) is 0 Å². The van der Waals surface area contributed by atoms with E-state index in [2.05, 4.69) is 13.8 Å². The van der Waals surface area contributed by atoms with Crippen molar-refractivity contribution in [1.82, 2.24) is 0 Å². The first-order valence-corrected chi connectivity index (χ1v) is 3.72. The monoisotopic (exact) mass is 142 g/mol. The third-order valence-electron chi connectivity index (χ3n) is 1.37. The number of hydrogen-bond donors (Lipinski definition) is 1. The van der Waals surface area contributed by atoms with Crippen LogP contribution in [0.2, 0.25) is 0 Å². The second-order valence-corrected chi connectivity index (χ2v) is 3.45. The van der Waals surface area contributed by atoms with Crippen LogP contribution in [0, 0.1) is 13.8 Å². The summed E-state index contributed by atoms with van der Waals surface area (Å²) in [6, 6.07) is 2.03. The smallest absolute Gasteiger partial charge is 0.0774 e. The van der Waals surface area contributed by atoms with E-state index in [0.717, 1.165) is 4.88 Å². The maximum Gasteiger partial charge on any atom is 0.0774 e. The van der Waals surface area contributed by atoms with Crippen molar-refractivity contribution >= 4 is 11.3 Å². The van der Waals surface area contributed by atoms with E-state index in [1.807, 2.05) is 6.07 Å². The predicted octanol–water partition coefficient (Wildman–Crippen LogP) is 1.86. The highest BCUT2D eigenvalue weighted by Gasteiger charge is 1.97. The molecule has 1 aromatic heterocycles. The Morgan fingerprint density at radius 2 is 2.22 bits per heavy atom. The SMILES string of the molecule is Cc1cc(CO)sc1C. The summed E-state index contributed by atoms with van der Waals surface area (Å²) < 4.78 is 0. The van der Waals surface area contributed by atoms with Crippen LogP contribution in [0.5, 0.6) is 0 Å². The summed E-state index contributed by atoms with van der Waals surface area (Å²) in [6.07, 6.45) is 0. The highest BCUT2D eigenvalue weighted by atomic mass is 32.1. The van der Waals surface area contributed by atoms with Crippen LogP contribution >= 0.6 is 11.3 Å². The molecule has 0 aromatic carbocycles. The molecule has 1 nitrogen and oxygen atoms in total. The first kappa shape index (κ1) is 6.78. The Morgan fingerprint density at radius 1 is 1.56 bits per heavy atom. The van der Waals surface area contributed by atoms with Crippen molar-refractivity contribution in [3.05, 3.63) is 21.4 Å². The summed E-state index contributed by atoms with van der Waals surface area (Å²) in [6.45, 7) is 4.31. The quantitative estimate of drug-likeness (QED) is 0.634. The predicted molar refractivity (Wildman–Crippen MR) is 39.7 cm³/mol. The van der Waals surface area contributed by atoms with Gasteiger partial charge in [0.05, 0.1) is 6.61 Å². The van der Waals surface area contributed by atoms with Crippen molar-refractivity contribution in [2.24, 2.45) is 0 Å². The lowest BCUT2D eigenvalue weighted by molar-refractivity contribution is 0.285. The fourth-order valence-electron chi connectivity index (χ4n) is 0.728. The number of hydrogen-bond acceptors (Lipinski definition) is 2. The Morgan fingerprint density at radius 3 is 2.44 bits per heavy atom. The second kappa shape index (κ2) is 2.50. The summed E-state index contributed by atoms with van der Waals surface area (Å²) in [7, 11) is 0. The molecule has 0 saturated carbocycles. The van der Waals surface area contributed by atoms with Crippen LogP contribution in [0.15, 0.2) is 6.07 Å². The van der Waals surface area contributed by atoms with Gasteiger partial charge in [-0.15, -0.1) is 11.3 Å². The van der Waals surface area contributed by atoms with Crippen LogP contribution in [-0.2, 0) is 6.61 Å². The van der Waals surface area contributed by atoms with Gasteiger partial charge >= 0.3 is 0 Å². The molecule has 1 N–H and O–H groups in total. The Labute approximate surface area is 59.0 Å². The van der Waals surface area contributed by atoms with E-state index in [1.54, 1.807) is 11.3 Å². The Bertz CT molecular complexity index is 183. The van der Waals surface area contributed by atoms with E-state index in [0.29, 0.717) is 0 Å². The van der Waals surface area contributed by atoms with E-state index >= 15 is 0 Å². The minimum Gasteiger partial charge on any atom is -0.391 e. The molecule has 50 valence electrons. The van der Waals surface area contributed by atoms with E-state index in [9.17, 15) is 0 Å². The number of rotatable bonds is 1. The zero-order valence-corrected chi connectivity index (χ0v) is 6.46. The van der Waals surface area contributed by atoms with Gasteiger partial charge in [0.1, 0.15) is 0 Å². The zero-order valence-electron chi connectivity index (χ0n) is 5.64. The number of aliphatic hydroxyl groups is 1. The lowest BCUT2D eigenvalue weighted by Crippen LogP contribution is -1.70. The van der Waals surface area contributed by atoms with Crippen molar-refractivity contribution in [2.75, 3.05) is 0 Å². The molecule has 0 spiro atoms. The Balaban J connectivity index is 2.98. The molecule has 0 bridgehead atoms. The zero-order chi connectivity index (χ0) is 6.85. The van der Waals surface area contributed by atoms with Crippen LogP contribution in [0.4, 0.5) is 0 Å². The maximum atomic E-state index is 8.69. The number of aryl methyl sites for hydroxylation is 2. The Kier molecular flexibility index (Phi) is 1.88. The normalized spacial score (nSPS) is 10.1. The van der Waals surface area contributed by atoms with Gasteiger partial charge in [-0.3, -0.25) is 0 Å². The van der Waals surface area contributed by atoms with Crippen LogP contribution in [0.1, 0.15) is 15.3 Å². The molecule has 0 unspecified atom stereocenters. The molecule has 9 heavy (non-hydrogen) atoms. The van der Waals surface area contributed by atoms with E-state index < -0.39 is 0 Å². The first-order chi connectivity index (χ1) is 4.24. The van der Waals surface area contributed by atoms with Crippen LogP contribution in [-0.4, -0.2) is 5.11 Å². The summed E-state index contributed by atoms with van der Waals surface area (Å²) in [4.78, 5) is 2.36. The van der Waals surface area contributed by atoms with E-state index in [4.69, 9.17) is 5.11 Å². The molecule has 2 heteroatoms. The molecule has 0 atom stereocenters. The minimum absolute atomic E-state index is 0.180. The molecule has 1 aromatic rings. The molecule has 0 saturated heterocycles. The fraction of sp³-hybridized carbons (Fsp3) is 0.429. The van der Waals surface area contributed by atoms with Gasteiger partial charge in [0.15, 0.2) is 0 Å². The van der Waals surface area contributed by atoms with Crippen molar-refractivity contribution in [1.29, 1.82) is 0 Å². The summed E-state index contributed by atoms with van der Waals surface area (Å²) in [5, 5.41) is 8.69. The Hall–Kier alpha value is -0.340. The molecule has 0 fully saturated rings. The van der Waals surface area contributed by atoms with Crippen molar-refractivity contribution < 1.29 is 5.11 Å². The number of aliphatic hydroxyl groups excluding tert-OH is 1. The van der Waals surface area contributed by atoms with Gasteiger partial charge in [0.25, 0.3) is 0 Å². The third-order valence-corrected chi connectivity index (χ3v) is 2.51. The average molecular weight is 142 g/mol. The van der Waals surface area contributed by atoms with Crippen molar-refractivity contribution in [2.45, 2.75) is 20.5 Å². The largest absolute Gasteiger partial charge is 0.391 e. The van der Waals surface area contributed by atoms with E-state index in [-0.39, 0.29) is 6.61 Å². The highest BCUT2D eigenvalue weighted by molar-refractivity contribution is 7.12. The topological polar surface area (TPSA) is 20.2 Å². The van der Waals surface area contributed by atoms with Crippen molar-refractivity contribution in [3.63, 3.8) is 0 Å². The standard InChI is InChI=1S/C7H10OS/c1-5-3-7(4-8)9-6(5)2/h3,8H,4H2,1-2H3. The minimum atomic E-state index is 0.180. The molecule has 1 rings (SSSR count). The highest BCUT2D eigenvalue weighted by Crippen LogP contribution is 2.19. The summed E-state index contributed by atoms with van der Waals surface area (Å²) >= 11 is 1.66. The molecule has 0 radical (unpaired) electrons. The van der Waals surface area contributed by atoms with Gasteiger partial charge in [-0.25, -0.2) is 0 Å². The van der Waals surface area contributed by atoms with Gasteiger partial charge in [-0.1, -0.05) is 0 Å². The molecular formula is C7H10OS. The van der Waals surface area contributed by atoms with E-state index in [1.165, 1.54) is 10.4 Å². The van der Waals surface area contributed by atoms with Gasteiger partial charge in [0, 0.05) is 9.75 Å². The lowest BCUT2D eigenvalue weighted by atomic mass is 10.3. The molecule has 0 aliphatic carbocycles. The number of thiophene rings is 1. The molecule has 0 amide bonds. The molecule has 0 aliphatic rings. The maximum absolute atomic E-state index is 8.69. The molecule has 0 aliphatic heterocycles. The summed E-state index contributed by atoms with van der Waals surface area (Å²) in [5.41, 5.74) is 1.28. The first-order valence-electron chi connectivity index (χ1n) is 2.91. The van der Waals surface area contributed by atoms with Gasteiger partial charge < -0.3 is 5.11 Å². The average Bonchev–Trinajstić information content (AvgIpc) is 2.13. The lowest BCUT2D eigenvalue weighted by Gasteiger charge is -1.80. The summed E-state index contributed by atoms with van der Waals surface area (Å²) in [5.74, 6) is 0. The van der Waals surface area contributed by atoms with Gasteiger partial charge in [0.2, 0.25) is 0 Å². The van der Waals surface area contributed by atoms with Gasteiger partial charge in [-0.2, -0.15) is 0 Å². The fourth-order valence-corrected chi connectivity index (χ4v) is 1.64.